The summed E-state index contributed by atoms with van der Waals surface area (Å²) in [6.07, 6.45) is 1.92. The Morgan fingerprint density at radius 2 is 1.73 bits per heavy atom. The maximum Gasteiger partial charge on any atom is 0.251 e. The van der Waals surface area contributed by atoms with Crippen LogP contribution in [-0.2, 0) is 9.78 Å². The third kappa shape index (κ3) is 1.01. The molecule has 0 amide bonds. The molecule has 2 N–H and O–H groups in total. The number of rotatable bonds is 2. The third-order valence-electron chi connectivity index (χ3n) is 5.06. The van der Waals surface area contributed by atoms with Gasteiger partial charge in [-0.1, -0.05) is 36.7 Å². The Hall–Kier alpha value is 0.320. The lowest BCUT2D eigenvalue weighted by Gasteiger charge is -2.44. The molecule has 0 radical (unpaired) electrons. The van der Waals surface area contributed by atoms with Crippen LogP contribution in [0.2, 0.25) is 0 Å². The number of fused-ring (bicyclic) bond motifs is 2. The van der Waals surface area contributed by atoms with Crippen LogP contribution in [0.15, 0.2) is 0 Å². The van der Waals surface area contributed by atoms with E-state index in [4.69, 9.17) is 10.5 Å². The number of hydrogen-bond acceptors (Lipinski definition) is 4. The SMILES string of the molecule is CC1(C)[C@@H]2CC[C@@]1(C)C(OO)(OO)[C@@H]2Br. The Balaban J connectivity index is 2.53. The predicted molar refractivity (Wildman–Crippen MR) is 57.5 cm³/mol. The Morgan fingerprint density at radius 1 is 1.20 bits per heavy atom. The zero-order valence-corrected chi connectivity index (χ0v) is 10.7. The molecule has 2 aliphatic rings. The molecule has 15 heavy (non-hydrogen) atoms. The minimum absolute atomic E-state index is 0.0490. The summed E-state index contributed by atoms with van der Waals surface area (Å²) in [6.45, 7) is 6.23. The maximum atomic E-state index is 9.09. The van der Waals surface area contributed by atoms with E-state index in [1.54, 1.807) is 0 Å². The lowest BCUT2D eigenvalue weighted by Crippen LogP contribution is -2.54. The van der Waals surface area contributed by atoms with Gasteiger partial charge in [0.15, 0.2) is 0 Å². The summed E-state index contributed by atoms with van der Waals surface area (Å²) in [5.41, 5.74) is -0.449. The van der Waals surface area contributed by atoms with Crippen molar-refractivity contribution in [2.45, 2.75) is 44.2 Å². The summed E-state index contributed by atoms with van der Waals surface area (Å²) in [7, 11) is 0. The van der Waals surface area contributed by atoms with Crippen LogP contribution in [0, 0.1) is 16.7 Å². The lowest BCUT2D eigenvalue weighted by atomic mass is 9.68. The Morgan fingerprint density at radius 3 is 2.00 bits per heavy atom. The fraction of sp³-hybridized carbons (Fsp3) is 1.00. The summed E-state index contributed by atoms with van der Waals surface area (Å²) in [5.74, 6) is -1.03. The zero-order chi connectivity index (χ0) is 11.5. The minimum atomic E-state index is -1.35. The van der Waals surface area contributed by atoms with Gasteiger partial charge < -0.3 is 0 Å². The van der Waals surface area contributed by atoms with Crippen molar-refractivity contribution >= 4 is 15.9 Å². The van der Waals surface area contributed by atoms with Gasteiger partial charge in [0.25, 0.3) is 5.79 Å². The molecule has 0 unspecified atom stereocenters. The number of alkyl halides is 1. The normalized spacial score (nSPS) is 46.0. The van der Waals surface area contributed by atoms with Crippen LogP contribution in [0.3, 0.4) is 0 Å². The molecule has 0 aliphatic heterocycles. The van der Waals surface area contributed by atoms with Gasteiger partial charge in [-0.05, 0) is 24.2 Å². The van der Waals surface area contributed by atoms with Crippen molar-refractivity contribution in [3.63, 3.8) is 0 Å². The molecule has 2 bridgehead atoms. The lowest BCUT2D eigenvalue weighted by molar-refractivity contribution is -0.511. The molecule has 2 rings (SSSR count). The summed E-state index contributed by atoms with van der Waals surface area (Å²) in [6, 6.07) is 0. The molecule has 2 aliphatic carbocycles. The molecule has 4 nitrogen and oxygen atoms in total. The van der Waals surface area contributed by atoms with Crippen LogP contribution in [0.5, 0.6) is 0 Å². The molecule has 0 spiro atoms. The third-order valence-corrected chi connectivity index (χ3v) is 6.30. The maximum absolute atomic E-state index is 9.09. The Kier molecular flexibility index (Phi) is 2.49. The molecule has 0 heterocycles. The van der Waals surface area contributed by atoms with Crippen LogP contribution in [-0.4, -0.2) is 21.1 Å². The van der Waals surface area contributed by atoms with Crippen molar-refractivity contribution in [2.75, 3.05) is 0 Å². The van der Waals surface area contributed by atoms with E-state index in [0.717, 1.165) is 12.8 Å². The average molecular weight is 281 g/mol. The highest BCUT2D eigenvalue weighted by Crippen LogP contribution is 2.72. The second-order valence-electron chi connectivity index (χ2n) is 5.45. The largest absolute Gasteiger partial charge is 0.251 e. The van der Waals surface area contributed by atoms with Crippen LogP contribution in [0.1, 0.15) is 33.6 Å². The second-order valence-corrected chi connectivity index (χ2v) is 6.44. The van der Waals surface area contributed by atoms with E-state index >= 15 is 0 Å². The highest BCUT2D eigenvalue weighted by atomic mass is 79.9. The molecule has 0 aromatic carbocycles. The summed E-state index contributed by atoms with van der Waals surface area (Å²) in [5, 5.41) is 18.2. The van der Waals surface area contributed by atoms with Gasteiger partial charge in [0.05, 0.1) is 4.83 Å². The Labute approximate surface area is 97.6 Å². The fourth-order valence-electron chi connectivity index (χ4n) is 3.56. The van der Waals surface area contributed by atoms with E-state index in [-0.39, 0.29) is 10.2 Å². The molecule has 3 atom stereocenters. The minimum Gasteiger partial charge on any atom is -0.249 e. The molecule has 0 aromatic rings. The first-order valence-corrected chi connectivity index (χ1v) is 6.08. The van der Waals surface area contributed by atoms with Crippen molar-refractivity contribution < 1.29 is 20.3 Å². The molecule has 0 aromatic heterocycles. The van der Waals surface area contributed by atoms with Crippen LogP contribution < -0.4 is 0 Å². The van der Waals surface area contributed by atoms with Gasteiger partial charge in [0.1, 0.15) is 0 Å². The highest BCUT2D eigenvalue weighted by Gasteiger charge is 2.76. The molecule has 88 valence electrons. The van der Waals surface area contributed by atoms with E-state index in [1.165, 1.54) is 0 Å². The van der Waals surface area contributed by atoms with Crippen molar-refractivity contribution in [3.05, 3.63) is 0 Å². The van der Waals surface area contributed by atoms with E-state index in [0.29, 0.717) is 5.92 Å². The van der Waals surface area contributed by atoms with Gasteiger partial charge in [-0.25, -0.2) is 10.5 Å². The molecular weight excluding hydrogens is 264 g/mol. The van der Waals surface area contributed by atoms with Crippen LogP contribution in [0.4, 0.5) is 0 Å². The summed E-state index contributed by atoms with van der Waals surface area (Å²) >= 11 is 3.48. The number of hydrogen-bond donors (Lipinski definition) is 2. The van der Waals surface area contributed by atoms with Crippen molar-refractivity contribution in [2.24, 2.45) is 16.7 Å². The predicted octanol–water partition coefficient (Wildman–Crippen LogP) is 2.88. The van der Waals surface area contributed by atoms with E-state index in [1.807, 2.05) is 6.92 Å². The van der Waals surface area contributed by atoms with E-state index < -0.39 is 11.2 Å². The molecule has 2 fully saturated rings. The second kappa shape index (κ2) is 3.17. The molecular formula is C10H17BrO4. The van der Waals surface area contributed by atoms with Crippen LogP contribution in [0.25, 0.3) is 0 Å². The van der Waals surface area contributed by atoms with Crippen molar-refractivity contribution in [3.8, 4) is 0 Å². The number of halogens is 1. The van der Waals surface area contributed by atoms with Gasteiger partial charge in [0.2, 0.25) is 0 Å². The zero-order valence-electron chi connectivity index (χ0n) is 9.16. The topological polar surface area (TPSA) is 58.9 Å². The fourth-order valence-corrected chi connectivity index (χ4v) is 5.16. The van der Waals surface area contributed by atoms with Crippen molar-refractivity contribution in [1.29, 1.82) is 0 Å². The van der Waals surface area contributed by atoms with E-state index in [2.05, 4.69) is 39.6 Å². The molecule has 5 heteroatoms. The average Bonchev–Trinajstić information content (AvgIpc) is 2.47. The molecule has 2 saturated carbocycles. The summed E-state index contributed by atoms with van der Waals surface area (Å²) < 4.78 is 0. The Bertz CT molecular complexity index is 277. The quantitative estimate of drug-likeness (QED) is 0.353. The first kappa shape index (κ1) is 11.8. The van der Waals surface area contributed by atoms with Gasteiger partial charge in [0, 0.05) is 5.41 Å². The monoisotopic (exact) mass is 280 g/mol. The highest BCUT2D eigenvalue weighted by molar-refractivity contribution is 9.09. The smallest absolute Gasteiger partial charge is 0.249 e. The van der Waals surface area contributed by atoms with Gasteiger partial charge in [-0.15, -0.1) is 0 Å². The summed E-state index contributed by atoms with van der Waals surface area (Å²) in [4.78, 5) is 8.83. The van der Waals surface area contributed by atoms with Crippen molar-refractivity contribution in [1.82, 2.24) is 0 Å². The van der Waals surface area contributed by atoms with Crippen LogP contribution >= 0.6 is 15.9 Å². The van der Waals surface area contributed by atoms with Gasteiger partial charge in [-0.2, -0.15) is 9.78 Å². The van der Waals surface area contributed by atoms with Gasteiger partial charge in [-0.3, -0.25) is 0 Å². The molecule has 0 saturated heterocycles. The first-order chi connectivity index (χ1) is 6.87. The van der Waals surface area contributed by atoms with E-state index in [9.17, 15) is 0 Å². The standard InChI is InChI=1S/C10H17BrO4/c1-8(2)6-4-5-9(8,3)10(14-12,15-13)7(6)11/h6-7,12-13H,4-5H2,1-3H3/t6-,7-,9-/m1/s1. The van der Waals surface area contributed by atoms with Gasteiger partial charge >= 0.3 is 0 Å². The first-order valence-electron chi connectivity index (χ1n) is 5.16.